The molecule has 0 saturated heterocycles. The number of carbonyl (C=O) groups excluding carboxylic acids is 3. The van der Waals surface area contributed by atoms with Crippen molar-refractivity contribution < 1.29 is 23.9 Å². The van der Waals surface area contributed by atoms with E-state index in [1.807, 2.05) is 19.0 Å². The standard InChI is InChI=1S/C20H22N2O5/c1-22(2)10-6-9-21-19(25)15-11-14-16(20(26-3)27-15)18(24)13-8-5-4-7-12(13)17(14)23/h4-5,7-8,11,20H,6,9-10H2,1-3H3,(H,21,25). The first-order chi connectivity index (χ1) is 12.9. The molecule has 0 spiro atoms. The predicted octanol–water partition coefficient (Wildman–Crippen LogP) is 1.32. The average Bonchev–Trinajstić information content (AvgIpc) is 2.68. The minimum atomic E-state index is -1.10. The van der Waals surface area contributed by atoms with E-state index < -0.39 is 12.2 Å². The number of hydrogen-bond acceptors (Lipinski definition) is 6. The highest BCUT2D eigenvalue weighted by Crippen LogP contribution is 2.34. The van der Waals surface area contributed by atoms with E-state index in [9.17, 15) is 14.4 Å². The molecule has 1 atom stereocenters. The van der Waals surface area contributed by atoms with Crippen molar-refractivity contribution in [3.8, 4) is 0 Å². The fraction of sp³-hybridized carbons (Fsp3) is 0.350. The van der Waals surface area contributed by atoms with Gasteiger partial charge < -0.3 is 19.7 Å². The predicted molar refractivity (Wildman–Crippen MR) is 98.3 cm³/mol. The molecule has 1 heterocycles. The van der Waals surface area contributed by atoms with Gasteiger partial charge in [0.15, 0.2) is 17.3 Å². The molecule has 1 aliphatic heterocycles. The molecule has 7 heteroatoms. The molecule has 0 saturated carbocycles. The first-order valence-electron chi connectivity index (χ1n) is 8.70. The lowest BCUT2D eigenvalue weighted by Crippen LogP contribution is -2.37. The van der Waals surface area contributed by atoms with Gasteiger partial charge in [-0.05, 0) is 33.1 Å². The Bertz CT molecular complexity index is 854. The zero-order chi connectivity index (χ0) is 19.6. The Morgan fingerprint density at radius 2 is 1.85 bits per heavy atom. The van der Waals surface area contributed by atoms with Crippen molar-refractivity contribution in [3.05, 3.63) is 58.4 Å². The monoisotopic (exact) mass is 370 g/mol. The van der Waals surface area contributed by atoms with Crippen LogP contribution in [0.4, 0.5) is 0 Å². The molecule has 0 bridgehead atoms. The Kier molecular flexibility index (Phi) is 5.53. The zero-order valence-electron chi connectivity index (χ0n) is 15.6. The first-order valence-corrected chi connectivity index (χ1v) is 8.70. The van der Waals surface area contributed by atoms with Crippen LogP contribution in [0.25, 0.3) is 0 Å². The lowest BCUT2D eigenvalue weighted by molar-refractivity contribution is -0.128. The van der Waals surface area contributed by atoms with Crippen LogP contribution in [0, 0.1) is 0 Å². The van der Waals surface area contributed by atoms with E-state index in [1.165, 1.54) is 13.2 Å². The number of carbonyl (C=O) groups is 3. The lowest BCUT2D eigenvalue weighted by Gasteiger charge is -2.29. The number of Topliss-reactive ketones (excluding diaryl/α,β-unsaturated/α-hetero) is 2. The summed E-state index contributed by atoms with van der Waals surface area (Å²) >= 11 is 0. The number of amides is 1. The number of benzene rings is 1. The number of nitrogens with zero attached hydrogens (tertiary/aromatic N) is 1. The quantitative estimate of drug-likeness (QED) is 0.760. The second-order valence-corrected chi connectivity index (χ2v) is 6.64. The molecule has 0 fully saturated rings. The van der Waals surface area contributed by atoms with Crippen molar-refractivity contribution in [2.75, 3.05) is 34.3 Å². The number of ketones is 2. The summed E-state index contributed by atoms with van der Waals surface area (Å²) in [5.41, 5.74) is 0.914. The van der Waals surface area contributed by atoms with E-state index in [-0.39, 0.29) is 28.5 Å². The fourth-order valence-electron chi connectivity index (χ4n) is 3.10. The minimum absolute atomic E-state index is 0.0361. The number of fused-ring (bicyclic) bond motifs is 1. The molecule has 0 aromatic heterocycles. The Labute approximate surface area is 157 Å². The van der Waals surface area contributed by atoms with E-state index in [0.717, 1.165) is 13.0 Å². The SMILES string of the molecule is COC1OC(C(=O)NCCCN(C)C)=CC2=C1C(=O)c1ccccc1C2=O. The third-order valence-electron chi connectivity index (χ3n) is 4.45. The number of methoxy groups -OCH3 is 1. The van der Waals surface area contributed by atoms with Gasteiger partial charge in [0.1, 0.15) is 0 Å². The van der Waals surface area contributed by atoms with Gasteiger partial charge in [-0.15, -0.1) is 0 Å². The van der Waals surface area contributed by atoms with Crippen LogP contribution in [0.1, 0.15) is 27.1 Å². The molecule has 2 aliphatic rings. The van der Waals surface area contributed by atoms with Crippen LogP contribution in [-0.2, 0) is 14.3 Å². The van der Waals surface area contributed by atoms with E-state index >= 15 is 0 Å². The van der Waals surface area contributed by atoms with Gasteiger partial charge in [-0.1, -0.05) is 24.3 Å². The molecule has 1 aromatic rings. The van der Waals surface area contributed by atoms with E-state index in [1.54, 1.807) is 24.3 Å². The Morgan fingerprint density at radius 3 is 2.48 bits per heavy atom. The van der Waals surface area contributed by atoms with Crippen molar-refractivity contribution in [1.29, 1.82) is 0 Å². The summed E-state index contributed by atoms with van der Waals surface area (Å²) in [5, 5.41) is 2.76. The van der Waals surface area contributed by atoms with E-state index in [0.29, 0.717) is 17.7 Å². The van der Waals surface area contributed by atoms with Crippen molar-refractivity contribution in [3.63, 3.8) is 0 Å². The van der Waals surface area contributed by atoms with E-state index in [4.69, 9.17) is 9.47 Å². The zero-order valence-corrected chi connectivity index (χ0v) is 15.6. The summed E-state index contributed by atoms with van der Waals surface area (Å²) in [4.78, 5) is 40.1. The van der Waals surface area contributed by atoms with Gasteiger partial charge in [-0.25, -0.2) is 0 Å². The summed E-state index contributed by atoms with van der Waals surface area (Å²) in [6.07, 6.45) is 1.01. The van der Waals surface area contributed by atoms with Gasteiger partial charge in [0.2, 0.25) is 6.29 Å². The second kappa shape index (κ2) is 7.85. The van der Waals surface area contributed by atoms with Crippen molar-refractivity contribution in [2.45, 2.75) is 12.7 Å². The van der Waals surface area contributed by atoms with Crippen LogP contribution in [0.2, 0.25) is 0 Å². The van der Waals surface area contributed by atoms with E-state index in [2.05, 4.69) is 5.32 Å². The maximum atomic E-state index is 12.9. The molecular weight excluding hydrogens is 348 g/mol. The summed E-state index contributed by atoms with van der Waals surface area (Å²) in [7, 11) is 5.27. The van der Waals surface area contributed by atoms with Crippen LogP contribution < -0.4 is 5.32 Å². The number of ether oxygens (including phenoxy) is 2. The Morgan fingerprint density at radius 1 is 1.19 bits per heavy atom. The first kappa shape index (κ1) is 19.0. The fourth-order valence-corrected chi connectivity index (χ4v) is 3.10. The maximum absolute atomic E-state index is 12.9. The summed E-state index contributed by atoms with van der Waals surface area (Å²) in [6.45, 7) is 1.30. The second-order valence-electron chi connectivity index (χ2n) is 6.64. The molecule has 7 nitrogen and oxygen atoms in total. The highest BCUT2D eigenvalue weighted by atomic mass is 16.7. The van der Waals surface area contributed by atoms with Crippen LogP contribution in [0.5, 0.6) is 0 Å². The van der Waals surface area contributed by atoms with Gasteiger partial charge >= 0.3 is 0 Å². The number of allylic oxidation sites excluding steroid dienone is 2. The van der Waals surface area contributed by atoms with Gasteiger partial charge in [0.05, 0.1) is 5.57 Å². The number of hydrogen-bond donors (Lipinski definition) is 1. The summed E-state index contributed by atoms with van der Waals surface area (Å²) < 4.78 is 10.8. The third kappa shape index (κ3) is 3.70. The highest BCUT2D eigenvalue weighted by molar-refractivity contribution is 6.28. The lowest BCUT2D eigenvalue weighted by atomic mass is 9.82. The maximum Gasteiger partial charge on any atom is 0.286 e. The molecule has 1 amide bonds. The minimum Gasteiger partial charge on any atom is -0.455 e. The molecule has 27 heavy (non-hydrogen) atoms. The topological polar surface area (TPSA) is 84.9 Å². The van der Waals surface area contributed by atoms with Crippen LogP contribution >= 0.6 is 0 Å². The molecule has 1 aliphatic carbocycles. The van der Waals surface area contributed by atoms with Crippen molar-refractivity contribution in [1.82, 2.24) is 10.2 Å². The van der Waals surface area contributed by atoms with Crippen molar-refractivity contribution in [2.24, 2.45) is 0 Å². The van der Waals surface area contributed by atoms with Crippen LogP contribution in [0.15, 0.2) is 47.2 Å². The smallest absolute Gasteiger partial charge is 0.286 e. The van der Waals surface area contributed by atoms with Crippen LogP contribution in [-0.4, -0.2) is 63.0 Å². The molecule has 0 radical (unpaired) electrons. The molecule has 1 unspecified atom stereocenters. The molecule has 1 aromatic carbocycles. The van der Waals surface area contributed by atoms with Crippen LogP contribution in [0.3, 0.4) is 0 Å². The average molecular weight is 370 g/mol. The molecule has 1 N–H and O–H groups in total. The third-order valence-corrected chi connectivity index (χ3v) is 4.45. The molecule has 142 valence electrons. The van der Waals surface area contributed by atoms with Gasteiger partial charge in [0, 0.05) is 30.4 Å². The number of rotatable bonds is 6. The molecule has 3 rings (SSSR count). The largest absolute Gasteiger partial charge is 0.455 e. The Hall–Kier alpha value is -2.77. The van der Waals surface area contributed by atoms with Crippen molar-refractivity contribution >= 4 is 17.5 Å². The number of nitrogens with one attached hydrogen (secondary N) is 1. The normalized spacial score (nSPS) is 18.7. The van der Waals surface area contributed by atoms with Gasteiger partial charge in [-0.3, -0.25) is 14.4 Å². The Balaban J connectivity index is 1.87. The van der Waals surface area contributed by atoms with Gasteiger partial charge in [0.25, 0.3) is 5.91 Å². The molecular formula is C20H22N2O5. The summed E-state index contributed by atoms with van der Waals surface area (Å²) in [5.74, 6) is -1.12. The van der Waals surface area contributed by atoms with Gasteiger partial charge in [-0.2, -0.15) is 0 Å². The highest BCUT2D eigenvalue weighted by Gasteiger charge is 2.40. The summed E-state index contributed by atoms with van der Waals surface area (Å²) in [6, 6.07) is 6.60.